The maximum absolute atomic E-state index is 5.86. The van der Waals surface area contributed by atoms with Crippen LogP contribution in [-0.4, -0.2) is 13.1 Å². The first-order chi connectivity index (χ1) is 8.63. The van der Waals surface area contributed by atoms with Crippen molar-refractivity contribution in [2.45, 2.75) is 45.2 Å². The van der Waals surface area contributed by atoms with Crippen LogP contribution in [0.2, 0.25) is 0 Å². The van der Waals surface area contributed by atoms with Gasteiger partial charge in [-0.15, -0.1) is 0 Å². The third-order valence-corrected chi connectivity index (χ3v) is 4.70. The molecule has 0 amide bonds. The quantitative estimate of drug-likeness (QED) is 0.916. The van der Waals surface area contributed by atoms with E-state index < -0.39 is 0 Å². The molecule has 2 rings (SSSR count). The summed E-state index contributed by atoms with van der Waals surface area (Å²) in [6.07, 6.45) is 5.38. The Morgan fingerprint density at radius 1 is 1.33 bits per heavy atom. The summed E-state index contributed by atoms with van der Waals surface area (Å²) in [6.45, 7) is 2.98. The van der Waals surface area contributed by atoms with E-state index in [9.17, 15) is 0 Å². The number of nitrogens with two attached hydrogens (primary N) is 1. The monoisotopic (exact) mass is 310 g/mol. The summed E-state index contributed by atoms with van der Waals surface area (Å²) in [7, 11) is 2.22. The molecule has 0 aliphatic heterocycles. The van der Waals surface area contributed by atoms with E-state index >= 15 is 0 Å². The van der Waals surface area contributed by atoms with Gasteiger partial charge in [0.25, 0.3) is 0 Å². The van der Waals surface area contributed by atoms with Crippen molar-refractivity contribution in [1.82, 2.24) is 0 Å². The highest BCUT2D eigenvalue weighted by Crippen LogP contribution is 2.33. The smallest absolute Gasteiger partial charge is 0.0423 e. The van der Waals surface area contributed by atoms with Gasteiger partial charge in [-0.3, -0.25) is 0 Å². The first kappa shape index (κ1) is 13.9. The van der Waals surface area contributed by atoms with Gasteiger partial charge in [-0.25, -0.2) is 0 Å². The Labute approximate surface area is 119 Å². The van der Waals surface area contributed by atoms with Crippen LogP contribution in [0.4, 0.5) is 5.69 Å². The molecule has 18 heavy (non-hydrogen) atoms. The minimum atomic E-state index is 0.605. The predicted molar refractivity (Wildman–Crippen MR) is 81.9 cm³/mol. The maximum atomic E-state index is 5.86. The number of nitrogens with zero attached hydrogens (tertiary/aromatic N) is 1. The lowest BCUT2D eigenvalue weighted by Crippen LogP contribution is -2.39. The minimum absolute atomic E-state index is 0.605. The van der Waals surface area contributed by atoms with Gasteiger partial charge in [0.1, 0.15) is 0 Å². The number of anilines is 1. The van der Waals surface area contributed by atoms with Crippen LogP contribution < -0.4 is 10.6 Å². The minimum Gasteiger partial charge on any atom is -0.371 e. The number of hydrogen-bond acceptors (Lipinski definition) is 2. The molecule has 0 bridgehead atoms. The van der Waals surface area contributed by atoms with Crippen molar-refractivity contribution < 1.29 is 0 Å². The van der Waals surface area contributed by atoms with Gasteiger partial charge in [0.05, 0.1) is 0 Å². The van der Waals surface area contributed by atoms with E-state index in [1.165, 1.54) is 36.9 Å². The second kappa shape index (κ2) is 6.07. The average Bonchev–Trinajstić information content (AvgIpc) is 2.38. The second-order valence-corrected chi connectivity index (χ2v) is 6.33. The van der Waals surface area contributed by atoms with Crippen LogP contribution in [0.15, 0.2) is 22.7 Å². The molecule has 1 fully saturated rings. The molecule has 1 aromatic rings. The molecule has 1 aliphatic carbocycles. The fourth-order valence-electron chi connectivity index (χ4n) is 3.09. The molecule has 100 valence electrons. The Morgan fingerprint density at radius 2 is 2.06 bits per heavy atom. The third-order valence-electron chi connectivity index (χ3n) is 4.21. The molecule has 0 heterocycles. The highest BCUT2D eigenvalue weighted by atomic mass is 79.9. The van der Waals surface area contributed by atoms with Crippen LogP contribution in [0.5, 0.6) is 0 Å². The summed E-state index contributed by atoms with van der Waals surface area (Å²) in [4.78, 5) is 2.44. The Morgan fingerprint density at radius 3 is 2.72 bits per heavy atom. The number of rotatable bonds is 3. The van der Waals surface area contributed by atoms with Gasteiger partial charge in [-0.2, -0.15) is 0 Å². The molecule has 1 aliphatic rings. The van der Waals surface area contributed by atoms with E-state index in [2.05, 4.69) is 53.0 Å². The number of hydrogen-bond donors (Lipinski definition) is 1. The van der Waals surface area contributed by atoms with E-state index in [0.717, 1.165) is 10.4 Å². The second-order valence-electron chi connectivity index (χ2n) is 5.42. The Hall–Kier alpha value is -0.540. The molecular weight excluding hydrogens is 288 g/mol. The fourth-order valence-corrected chi connectivity index (χ4v) is 3.44. The Balaban J connectivity index is 2.26. The number of halogens is 1. The largest absolute Gasteiger partial charge is 0.371 e. The zero-order valence-corrected chi connectivity index (χ0v) is 12.9. The first-order valence-corrected chi connectivity index (χ1v) is 7.64. The molecule has 0 aromatic heterocycles. The van der Waals surface area contributed by atoms with Crippen LogP contribution in [0, 0.1) is 5.92 Å². The van der Waals surface area contributed by atoms with Gasteiger partial charge in [-0.05, 0) is 36.5 Å². The van der Waals surface area contributed by atoms with Crippen molar-refractivity contribution in [2.24, 2.45) is 11.7 Å². The van der Waals surface area contributed by atoms with Gasteiger partial charge in [0, 0.05) is 29.8 Å². The molecule has 0 radical (unpaired) electrons. The van der Waals surface area contributed by atoms with Gasteiger partial charge < -0.3 is 10.6 Å². The van der Waals surface area contributed by atoms with E-state index in [0.29, 0.717) is 12.6 Å². The fraction of sp³-hybridized carbons (Fsp3) is 0.600. The summed E-state index contributed by atoms with van der Waals surface area (Å²) in [6, 6.07) is 7.05. The van der Waals surface area contributed by atoms with Crippen LogP contribution in [0.3, 0.4) is 0 Å². The highest BCUT2D eigenvalue weighted by molar-refractivity contribution is 9.10. The maximum Gasteiger partial charge on any atom is 0.0423 e. The molecule has 0 spiro atoms. The van der Waals surface area contributed by atoms with Crippen molar-refractivity contribution in [1.29, 1.82) is 0 Å². The normalized spacial score (nSPS) is 24.0. The van der Waals surface area contributed by atoms with Crippen molar-refractivity contribution in [3.05, 3.63) is 28.2 Å². The van der Waals surface area contributed by atoms with Crippen LogP contribution in [0.1, 0.15) is 38.2 Å². The van der Waals surface area contributed by atoms with E-state index in [1.807, 2.05) is 0 Å². The molecule has 0 saturated heterocycles. The summed E-state index contributed by atoms with van der Waals surface area (Å²) in [5.74, 6) is 0.772. The van der Waals surface area contributed by atoms with Crippen LogP contribution in [0.25, 0.3) is 0 Å². The lowest BCUT2D eigenvalue weighted by Gasteiger charge is -2.38. The number of benzene rings is 1. The Bertz CT molecular complexity index is 405. The molecule has 1 aromatic carbocycles. The zero-order chi connectivity index (χ0) is 13.1. The van der Waals surface area contributed by atoms with Crippen molar-refractivity contribution in [3.8, 4) is 0 Å². The summed E-state index contributed by atoms with van der Waals surface area (Å²) < 4.78 is 1.13. The average molecular weight is 311 g/mol. The summed E-state index contributed by atoms with van der Waals surface area (Å²) in [5.41, 5.74) is 8.38. The van der Waals surface area contributed by atoms with Gasteiger partial charge in [0.2, 0.25) is 0 Å². The van der Waals surface area contributed by atoms with Crippen molar-refractivity contribution in [3.63, 3.8) is 0 Å². The molecule has 1 saturated carbocycles. The van der Waals surface area contributed by atoms with Crippen molar-refractivity contribution >= 4 is 21.6 Å². The topological polar surface area (TPSA) is 29.3 Å². The van der Waals surface area contributed by atoms with Gasteiger partial charge in [-0.1, -0.05) is 41.8 Å². The third kappa shape index (κ3) is 2.89. The van der Waals surface area contributed by atoms with E-state index in [4.69, 9.17) is 5.73 Å². The Kier molecular flexibility index (Phi) is 4.68. The molecule has 2 nitrogen and oxygen atoms in total. The molecule has 2 atom stereocenters. The van der Waals surface area contributed by atoms with Crippen LogP contribution in [-0.2, 0) is 6.54 Å². The van der Waals surface area contributed by atoms with Crippen LogP contribution >= 0.6 is 15.9 Å². The summed E-state index contributed by atoms with van der Waals surface area (Å²) >= 11 is 3.57. The lowest BCUT2D eigenvalue weighted by molar-refractivity contribution is 0.321. The molecule has 3 heteroatoms. The van der Waals surface area contributed by atoms with E-state index in [-0.39, 0.29) is 0 Å². The molecular formula is C15H23BrN2. The lowest BCUT2D eigenvalue weighted by atomic mass is 9.84. The highest BCUT2D eigenvalue weighted by Gasteiger charge is 2.26. The first-order valence-electron chi connectivity index (χ1n) is 6.85. The standard InChI is InChI=1S/C15H23BrN2/c1-11-5-3-4-6-14(11)18(2)15-9-13(16)8-7-12(15)10-17/h7-9,11,14H,3-6,10,17H2,1-2H3. The molecule has 2 N–H and O–H groups in total. The van der Waals surface area contributed by atoms with E-state index in [1.54, 1.807) is 0 Å². The van der Waals surface area contributed by atoms with Crippen molar-refractivity contribution in [2.75, 3.05) is 11.9 Å². The van der Waals surface area contributed by atoms with Gasteiger partial charge in [0.15, 0.2) is 0 Å². The predicted octanol–water partition coefficient (Wildman–Crippen LogP) is 3.92. The zero-order valence-electron chi connectivity index (χ0n) is 11.3. The molecule has 2 unspecified atom stereocenters. The SMILES string of the molecule is CC1CCCCC1N(C)c1cc(Br)ccc1CN. The summed E-state index contributed by atoms with van der Waals surface area (Å²) in [5, 5.41) is 0. The van der Waals surface area contributed by atoms with Gasteiger partial charge >= 0.3 is 0 Å².